The molecule has 0 aromatic heterocycles. The summed E-state index contributed by atoms with van der Waals surface area (Å²) in [5, 5.41) is 3.95. The lowest BCUT2D eigenvalue weighted by Crippen LogP contribution is -2.38. The van der Waals surface area contributed by atoms with Gasteiger partial charge in [-0.2, -0.15) is 0 Å². The Morgan fingerprint density at radius 1 is 1.20 bits per heavy atom. The molecule has 0 aliphatic carbocycles. The zero-order valence-corrected chi connectivity index (χ0v) is 15.3. The quantitative estimate of drug-likeness (QED) is 0.882. The maximum absolute atomic E-state index is 12.3. The first-order chi connectivity index (χ1) is 11.9. The van der Waals surface area contributed by atoms with Crippen LogP contribution in [0.15, 0.2) is 42.5 Å². The van der Waals surface area contributed by atoms with Crippen LogP contribution >= 0.6 is 23.2 Å². The highest BCUT2D eigenvalue weighted by Crippen LogP contribution is 2.23. The van der Waals surface area contributed by atoms with Gasteiger partial charge in [-0.1, -0.05) is 40.9 Å². The molecule has 1 aliphatic heterocycles. The zero-order valence-electron chi connectivity index (χ0n) is 13.8. The van der Waals surface area contributed by atoms with Crippen LogP contribution in [-0.4, -0.2) is 24.4 Å². The number of hydrogen-bond acceptors (Lipinski definition) is 2. The Bertz CT molecular complexity index is 806. The molecular weight excluding hydrogens is 359 g/mol. The average Bonchev–Trinajstić information content (AvgIpc) is 2.92. The third kappa shape index (κ3) is 4.33. The van der Waals surface area contributed by atoms with E-state index >= 15 is 0 Å². The van der Waals surface area contributed by atoms with E-state index in [1.165, 1.54) is 0 Å². The fourth-order valence-electron chi connectivity index (χ4n) is 2.91. The van der Waals surface area contributed by atoms with Crippen LogP contribution in [-0.2, 0) is 16.0 Å². The van der Waals surface area contributed by atoms with E-state index in [-0.39, 0.29) is 24.3 Å². The number of carbonyl (C=O) groups excluding carboxylic acids is 2. The lowest BCUT2D eigenvalue weighted by Gasteiger charge is -2.17. The minimum absolute atomic E-state index is 0.00920. The molecule has 1 unspecified atom stereocenters. The van der Waals surface area contributed by atoms with Gasteiger partial charge in [0.1, 0.15) is 0 Å². The number of halogens is 2. The Morgan fingerprint density at radius 2 is 1.92 bits per heavy atom. The summed E-state index contributed by atoms with van der Waals surface area (Å²) >= 11 is 12.0. The number of aryl methyl sites for hydroxylation is 1. The molecule has 3 rings (SSSR count). The van der Waals surface area contributed by atoms with E-state index in [4.69, 9.17) is 23.2 Å². The molecule has 1 N–H and O–H groups in total. The van der Waals surface area contributed by atoms with Crippen LogP contribution in [0.3, 0.4) is 0 Å². The zero-order chi connectivity index (χ0) is 18.0. The molecule has 4 nitrogen and oxygen atoms in total. The van der Waals surface area contributed by atoms with Crippen molar-refractivity contribution in [2.75, 3.05) is 11.4 Å². The first-order valence-electron chi connectivity index (χ1n) is 8.02. The summed E-state index contributed by atoms with van der Waals surface area (Å²) in [6.07, 6.45) is 0.428. The van der Waals surface area contributed by atoms with Crippen molar-refractivity contribution in [1.29, 1.82) is 0 Å². The van der Waals surface area contributed by atoms with Crippen molar-refractivity contribution in [3.8, 4) is 0 Å². The molecule has 1 saturated heterocycles. The molecule has 1 fully saturated rings. The molecule has 2 aromatic rings. The molecule has 25 heavy (non-hydrogen) atoms. The summed E-state index contributed by atoms with van der Waals surface area (Å²) in [6.45, 7) is 2.47. The second-order valence-electron chi connectivity index (χ2n) is 6.22. The molecule has 2 amide bonds. The first kappa shape index (κ1) is 17.8. The van der Waals surface area contributed by atoms with E-state index in [9.17, 15) is 9.59 Å². The summed E-state index contributed by atoms with van der Waals surface area (Å²) in [4.78, 5) is 26.2. The minimum Gasteiger partial charge on any atom is -0.351 e. The highest BCUT2D eigenvalue weighted by molar-refractivity contribution is 6.33. The Balaban J connectivity index is 1.62. The first-order valence-corrected chi connectivity index (χ1v) is 8.78. The largest absolute Gasteiger partial charge is 0.351 e. The number of nitrogens with one attached hydrogen (secondary N) is 1. The maximum Gasteiger partial charge on any atom is 0.229 e. The van der Waals surface area contributed by atoms with Gasteiger partial charge in [-0.15, -0.1) is 0 Å². The molecule has 0 radical (unpaired) electrons. The van der Waals surface area contributed by atoms with Gasteiger partial charge in [-0.05, 0) is 42.8 Å². The van der Waals surface area contributed by atoms with Crippen molar-refractivity contribution in [2.45, 2.75) is 25.8 Å². The van der Waals surface area contributed by atoms with Crippen molar-refractivity contribution >= 4 is 40.7 Å². The van der Waals surface area contributed by atoms with Crippen molar-refractivity contribution in [1.82, 2.24) is 5.32 Å². The Morgan fingerprint density at radius 3 is 2.64 bits per heavy atom. The van der Waals surface area contributed by atoms with Crippen LogP contribution in [0.5, 0.6) is 0 Å². The van der Waals surface area contributed by atoms with Crippen LogP contribution in [0.25, 0.3) is 0 Å². The maximum atomic E-state index is 12.3. The number of nitrogens with zero attached hydrogens (tertiary/aromatic N) is 1. The third-order valence-electron chi connectivity index (χ3n) is 4.19. The van der Waals surface area contributed by atoms with Crippen LogP contribution in [0.2, 0.25) is 10.0 Å². The summed E-state index contributed by atoms with van der Waals surface area (Å²) in [7, 11) is 0. The van der Waals surface area contributed by atoms with Crippen molar-refractivity contribution in [2.24, 2.45) is 0 Å². The van der Waals surface area contributed by atoms with Gasteiger partial charge < -0.3 is 10.2 Å². The second kappa shape index (κ2) is 7.46. The second-order valence-corrected chi connectivity index (χ2v) is 7.06. The van der Waals surface area contributed by atoms with Crippen LogP contribution in [0, 0.1) is 6.92 Å². The van der Waals surface area contributed by atoms with E-state index in [0.29, 0.717) is 28.6 Å². The average molecular weight is 377 g/mol. The Labute approximate surface area is 156 Å². The summed E-state index contributed by atoms with van der Waals surface area (Å²) in [6, 6.07) is 12.6. The normalized spacial score (nSPS) is 17.0. The van der Waals surface area contributed by atoms with Crippen molar-refractivity contribution < 1.29 is 9.59 Å². The van der Waals surface area contributed by atoms with Gasteiger partial charge in [0.15, 0.2) is 0 Å². The van der Waals surface area contributed by atoms with E-state index < -0.39 is 0 Å². The monoisotopic (exact) mass is 376 g/mol. The van der Waals surface area contributed by atoms with Gasteiger partial charge in [0.25, 0.3) is 0 Å². The molecule has 6 heteroatoms. The van der Waals surface area contributed by atoms with Gasteiger partial charge >= 0.3 is 0 Å². The third-order valence-corrected chi connectivity index (χ3v) is 4.80. The Kier molecular flexibility index (Phi) is 5.30. The standard InChI is InChI=1S/C19H18Cl2N2O2/c1-12-2-5-16(6-3-12)23-11-15(10-19(23)25)22-18(24)9-13-8-14(20)4-7-17(13)21/h2-8,15H,9-11H2,1H3,(H,22,24). The lowest BCUT2D eigenvalue weighted by molar-refractivity contribution is -0.121. The fourth-order valence-corrected chi connectivity index (χ4v) is 3.29. The van der Waals surface area contributed by atoms with E-state index in [0.717, 1.165) is 11.3 Å². The van der Waals surface area contributed by atoms with Gasteiger partial charge in [0, 0.05) is 28.7 Å². The molecule has 0 bridgehead atoms. The van der Waals surface area contributed by atoms with Crippen molar-refractivity contribution in [3.05, 3.63) is 63.6 Å². The van der Waals surface area contributed by atoms with E-state index in [1.807, 2.05) is 31.2 Å². The van der Waals surface area contributed by atoms with Gasteiger partial charge in [-0.3, -0.25) is 9.59 Å². The predicted octanol–water partition coefficient (Wildman–Crippen LogP) is 3.77. The lowest BCUT2D eigenvalue weighted by atomic mass is 10.1. The number of anilines is 1. The molecule has 130 valence electrons. The number of hydrogen-bond donors (Lipinski definition) is 1. The SMILES string of the molecule is Cc1ccc(N2CC(NC(=O)Cc3cc(Cl)ccc3Cl)CC2=O)cc1. The fraction of sp³-hybridized carbons (Fsp3) is 0.263. The highest BCUT2D eigenvalue weighted by atomic mass is 35.5. The molecule has 1 heterocycles. The number of carbonyl (C=O) groups is 2. The van der Waals surface area contributed by atoms with E-state index in [2.05, 4.69) is 5.32 Å². The number of rotatable bonds is 4. The van der Waals surface area contributed by atoms with Gasteiger partial charge in [0.05, 0.1) is 12.5 Å². The van der Waals surface area contributed by atoms with Gasteiger partial charge in [-0.25, -0.2) is 0 Å². The van der Waals surface area contributed by atoms with Crippen molar-refractivity contribution in [3.63, 3.8) is 0 Å². The molecule has 0 spiro atoms. The highest BCUT2D eigenvalue weighted by Gasteiger charge is 2.31. The summed E-state index contributed by atoms with van der Waals surface area (Å²) < 4.78 is 0. The van der Waals surface area contributed by atoms with Crippen LogP contribution in [0.1, 0.15) is 17.5 Å². The van der Waals surface area contributed by atoms with Gasteiger partial charge in [0.2, 0.25) is 11.8 Å². The molecule has 1 atom stereocenters. The van der Waals surface area contributed by atoms with Crippen LogP contribution in [0.4, 0.5) is 5.69 Å². The number of benzene rings is 2. The smallest absolute Gasteiger partial charge is 0.229 e. The topological polar surface area (TPSA) is 49.4 Å². The van der Waals surface area contributed by atoms with E-state index in [1.54, 1.807) is 23.1 Å². The molecule has 2 aromatic carbocycles. The molecule has 0 saturated carbocycles. The predicted molar refractivity (Wildman–Crippen MR) is 100 cm³/mol. The summed E-state index contributed by atoms with van der Waals surface area (Å²) in [5.74, 6) is -0.164. The number of amides is 2. The molecular formula is C19H18Cl2N2O2. The van der Waals surface area contributed by atoms with Crippen LogP contribution < -0.4 is 10.2 Å². The Hall–Kier alpha value is -2.04. The minimum atomic E-state index is -0.209. The molecule has 1 aliphatic rings. The summed E-state index contributed by atoms with van der Waals surface area (Å²) in [5.41, 5.74) is 2.66.